The van der Waals surface area contributed by atoms with Crippen LogP contribution in [-0.4, -0.2) is 54.7 Å². The second-order valence-electron chi connectivity index (χ2n) is 6.40. The number of rotatable bonds is 3. The van der Waals surface area contributed by atoms with Crippen LogP contribution in [0.2, 0.25) is 0 Å². The zero-order valence-corrected chi connectivity index (χ0v) is 11.5. The molecule has 1 aliphatic heterocycles. The summed E-state index contributed by atoms with van der Waals surface area (Å²) in [5, 5.41) is 10.2. The van der Waals surface area contributed by atoms with Crippen LogP contribution < -0.4 is 0 Å². The molecule has 4 unspecified atom stereocenters. The van der Waals surface area contributed by atoms with E-state index >= 15 is 0 Å². The summed E-state index contributed by atoms with van der Waals surface area (Å²) in [5.41, 5.74) is 0. The molecule has 3 aliphatic rings. The van der Waals surface area contributed by atoms with Crippen molar-refractivity contribution in [2.45, 2.75) is 50.5 Å². The Kier molecular flexibility index (Phi) is 3.39. The van der Waals surface area contributed by atoms with Crippen LogP contribution in [0.15, 0.2) is 0 Å². The van der Waals surface area contributed by atoms with Crippen LogP contribution >= 0.6 is 0 Å². The standard InChI is InChI=1S/C14H25NO3/c1-10-7-11(10)9-15(2)12-8-14(4-3-13(12)16)17-5-6-18-14/h10-13,16H,3-9H2,1-2H3. The molecule has 0 radical (unpaired) electrons. The normalized spacial score (nSPS) is 42.7. The molecule has 1 heterocycles. The first-order valence-corrected chi connectivity index (χ1v) is 7.26. The Morgan fingerprint density at radius 1 is 1.33 bits per heavy atom. The smallest absolute Gasteiger partial charge is 0.170 e. The number of ether oxygens (including phenoxy) is 2. The molecule has 1 N–H and O–H groups in total. The van der Waals surface area contributed by atoms with E-state index in [1.165, 1.54) is 6.42 Å². The van der Waals surface area contributed by atoms with Crippen LogP contribution in [0.3, 0.4) is 0 Å². The monoisotopic (exact) mass is 255 g/mol. The van der Waals surface area contributed by atoms with Gasteiger partial charge in [-0.25, -0.2) is 0 Å². The molecule has 1 saturated heterocycles. The predicted octanol–water partition coefficient (Wildman–Crippen LogP) is 1.23. The molecule has 0 amide bonds. The Morgan fingerprint density at radius 3 is 2.61 bits per heavy atom. The molecule has 3 fully saturated rings. The van der Waals surface area contributed by atoms with Gasteiger partial charge in [-0.1, -0.05) is 6.92 Å². The number of aliphatic hydroxyl groups is 1. The van der Waals surface area contributed by atoms with E-state index in [4.69, 9.17) is 9.47 Å². The lowest BCUT2D eigenvalue weighted by Gasteiger charge is -2.43. The minimum absolute atomic E-state index is 0.185. The van der Waals surface area contributed by atoms with E-state index < -0.39 is 5.79 Å². The fourth-order valence-corrected chi connectivity index (χ4v) is 3.48. The second-order valence-corrected chi connectivity index (χ2v) is 6.40. The number of likely N-dealkylation sites (N-methyl/N-ethyl adjacent to an activating group) is 1. The molecule has 18 heavy (non-hydrogen) atoms. The molecule has 4 heteroatoms. The van der Waals surface area contributed by atoms with Crippen LogP contribution in [0.5, 0.6) is 0 Å². The van der Waals surface area contributed by atoms with Gasteiger partial charge in [0.05, 0.1) is 19.3 Å². The maximum atomic E-state index is 10.2. The van der Waals surface area contributed by atoms with E-state index in [1.54, 1.807) is 0 Å². The zero-order valence-electron chi connectivity index (χ0n) is 11.5. The summed E-state index contributed by atoms with van der Waals surface area (Å²) in [6.07, 6.45) is 3.53. The Bertz CT molecular complexity index is 303. The lowest BCUT2D eigenvalue weighted by atomic mass is 9.86. The number of aliphatic hydroxyl groups excluding tert-OH is 1. The van der Waals surface area contributed by atoms with Gasteiger partial charge in [0.1, 0.15) is 0 Å². The summed E-state index contributed by atoms with van der Waals surface area (Å²) < 4.78 is 11.6. The van der Waals surface area contributed by atoms with E-state index in [1.807, 2.05) is 0 Å². The van der Waals surface area contributed by atoms with Gasteiger partial charge >= 0.3 is 0 Å². The molecule has 2 aliphatic carbocycles. The average Bonchev–Trinajstić information content (AvgIpc) is 2.87. The Labute approximate surface area is 109 Å². The summed E-state index contributed by atoms with van der Waals surface area (Å²) in [6, 6.07) is 0.185. The molecule has 4 nitrogen and oxygen atoms in total. The van der Waals surface area contributed by atoms with Gasteiger partial charge in [0.2, 0.25) is 0 Å². The van der Waals surface area contributed by atoms with Crippen LogP contribution in [-0.2, 0) is 9.47 Å². The highest BCUT2D eigenvalue weighted by Gasteiger charge is 2.46. The Hall–Kier alpha value is -0.160. The first kappa shape index (κ1) is 12.9. The van der Waals surface area contributed by atoms with Gasteiger partial charge in [0.25, 0.3) is 0 Å². The summed E-state index contributed by atoms with van der Waals surface area (Å²) in [7, 11) is 2.13. The number of hydrogen-bond acceptors (Lipinski definition) is 4. The van der Waals surface area contributed by atoms with E-state index in [9.17, 15) is 5.11 Å². The SMILES string of the molecule is CC1CC1CN(C)C1CC2(CCC1O)OCCO2. The van der Waals surface area contributed by atoms with Gasteiger partial charge in [-0.15, -0.1) is 0 Å². The number of hydrogen-bond donors (Lipinski definition) is 1. The predicted molar refractivity (Wildman–Crippen MR) is 68.2 cm³/mol. The molecule has 0 bridgehead atoms. The van der Waals surface area contributed by atoms with E-state index in [-0.39, 0.29) is 12.1 Å². The van der Waals surface area contributed by atoms with Crippen LogP contribution in [0, 0.1) is 11.8 Å². The molecule has 0 aromatic rings. The molecule has 0 aromatic heterocycles. The quantitative estimate of drug-likeness (QED) is 0.823. The van der Waals surface area contributed by atoms with Gasteiger partial charge in [-0.2, -0.15) is 0 Å². The molecule has 0 aromatic carbocycles. The van der Waals surface area contributed by atoms with Gasteiger partial charge in [0, 0.05) is 25.4 Å². The van der Waals surface area contributed by atoms with Gasteiger partial charge in [0.15, 0.2) is 5.79 Å². The highest BCUT2D eigenvalue weighted by Crippen LogP contribution is 2.41. The summed E-state index contributed by atoms with van der Waals surface area (Å²) in [4.78, 5) is 2.32. The third-order valence-corrected chi connectivity index (χ3v) is 4.96. The van der Waals surface area contributed by atoms with E-state index in [2.05, 4.69) is 18.9 Å². The zero-order chi connectivity index (χ0) is 12.8. The van der Waals surface area contributed by atoms with E-state index in [0.717, 1.165) is 37.6 Å². The summed E-state index contributed by atoms with van der Waals surface area (Å²) in [6.45, 7) is 4.80. The van der Waals surface area contributed by atoms with Gasteiger partial charge in [-0.05, 0) is 31.7 Å². The average molecular weight is 255 g/mol. The van der Waals surface area contributed by atoms with Crippen molar-refractivity contribution < 1.29 is 14.6 Å². The fraction of sp³-hybridized carbons (Fsp3) is 1.00. The lowest BCUT2D eigenvalue weighted by Crippen LogP contribution is -2.52. The molecular weight excluding hydrogens is 230 g/mol. The van der Waals surface area contributed by atoms with Crippen molar-refractivity contribution in [2.75, 3.05) is 26.8 Å². The van der Waals surface area contributed by atoms with Gasteiger partial charge < -0.3 is 19.5 Å². The van der Waals surface area contributed by atoms with Gasteiger partial charge in [-0.3, -0.25) is 0 Å². The van der Waals surface area contributed by atoms with Crippen LogP contribution in [0.4, 0.5) is 0 Å². The first-order chi connectivity index (χ1) is 8.60. The maximum absolute atomic E-state index is 10.2. The first-order valence-electron chi connectivity index (χ1n) is 7.26. The van der Waals surface area contributed by atoms with Crippen LogP contribution in [0.25, 0.3) is 0 Å². The fourth-order valence-electron chi connectivity index (χ4n) is 3.48. The molecular formula is C14H25NO3. The highest BCUT2D eigenvalue weighted by molar-refractivity contribution is 4.94. The Morgan fingerprint density at radius 2 is 2.00 bits per heavy atom. The lowest BCUT2D eigenvalue weighted by molar-refractivity contribution is -0.204. The highest BCUT2D eigenvalue weighted by atomic mass is 16.7. The second kappa shape index (κ2) is 4.75. The molecule has 4 atom stereocenters. The Balaban J connectivity index is 1.61. The minimum atomic E-state index is -0.396. The molecule has 104 valence electrons. The molecule has 2 saturated carbocycles. The molecule has 3 rings (SSSR count). The third kappa shape index (κ3) is 2.44. The minimum Gasteiger partial charge on any atom is -0.391 e. The van der Waals surface area contributed by atoms with Crippen LogP contribution in [0.1, 0.15) is 32.6 Å². The topological polar surface area (TPSA) is 41.9 Å². The van der Waals surface area contributed by atoms with Crippen molar-refractivity contribution in [2.24, 2.45) is 11.8 Å². The van der Waals surface area contributed by atoms with E-state index in [0.29, 0.717) is 13.2 Å². The van der Waals surface area contributed by atoms with Crippen molar-refractivity contribution in [3.63, 3.8) is 0 Å². The van der Waals surface area contributed by atoms with Crippen molar-refractivity contribution in [3.05, 3.63) is 0 Å². The van der Waals surface area contributed by atoms with Crippen molar-refractivity contribution in [1.82, 2.24) is 4.90 Å². The largest absolute Gasteiger partial charge is 0.391 e. The number of nitrogens with zero attached hydrogens (tertiary/aromatic N) is 1. The summed E-state index contributed by atoms with van der Waals surface area (Å²) in [5.74, 6) is 1.29. The van der Waals surface area contributed by atoms with Crippen molar-refractivity contribution in [1.29, 1.82) is 0 Å². The molecule has 1 spiro atoms. The van der Waals surface area contributed by atoms with Crippen molar-refractivity contribution in [3.8, 4) is 0 Å². The van der Waals surface area contributed by atoms with Crippen molar-refractivity contribution >= 4 is 0 Å². The third-order valence-electron chi connectivity index (χ3n) is 4.96. The maximum Gasteiger partial charge on any atom is 0.170 e. The summed E-state index contributed by atoms with van der Waals surface area (Å²) >= 11 is 0.